The monoisotopic (exact) mass is 333 g/mol. The second-order valence-electron chi connectivity index (χ2n) is 4.82. The third kappa shape index (κ3) is 3.81. The second-order valence-corrected chi connectivity index (χ2v) is 5.26. The van der Waals surface area contributed by atoms with E-state index in [4.69, 9.17) is 16.3 Å². The van der Waals surface area contributed by atoms with Crippen LogP contribution in [0.5, 0.6) is 5.75 Å². The van der Waals surface area contributed by atoms with Crippen molar-refractivity contribution in [1.29, 1.82) is 0 Å². The highest BCUT2D eigenvalue weighted by atomic mass is 35.5. The molecule has 0 aliphatic heterocycles. The Labute approximate surface area is 139 Å². The molecular weight excluding hydrogens is 318 g/mol. The van der Waals surface area contributed by atoms with Gasteiger partial charge in [-0.1, -0.05) is 17.7 Å². The van der Waals surface area contributed by atoms with Crippen LogP contribution in [0.15, 0.2) is 36.4 Å². The summed E-state index contributed by atoms with van der Waals surface area (Å²) in [6, 6.07) is 9.72. The number of nitrogens with one attached hydrogen (secondary N) is 1. The lowest BCUT2D eigenvalue weighted by Gasteiger charge is -2.12. The molecule has 0 spiro atoms. The molecule has 2 rings (SSSR count). The van der Waals surface area contributed by atoms with Crippen molar-refractivity contribution in [2.45, 2.75) is 6.92 Å². The normalized spacial score (nSPS) is 10.1. The molecule has 2 aromatic carbocycles. The number of aryl methyl sites for hydroxylation is 1. The van der Waals surface area contributed by atoms with Crippen LogP contribution in [0.4, 0.5) is 5.69 Å². The van der Waals surface area contributed by atoms with Gasteiger partial charge in [0.1, 0.15) is 5.75 Å². The maximum Gasteiger partial charge on any atom is 0.337 e. The highest BCUT2D eigenvalue weighted by Crippen LogP contribution is 2.25. The third-order valence-electron chi connectivity index (χ3n) is 3.31. The molecule has 6 heteroatoms. The maximum atomic E-state index is 12.5. The molecular formula is C17H16ClNO4. The van der Waals surface area contributed by atoms with Crippen molar-refractivity contribution in [1.82, 2.24) is 0 Å². The molecule has 5 nitrogen and oxygen atoms in total. The van der Waals surface area contributed by atoms with Gasteiger partial charge in [-0.05, 0) is 42.8 Å². The number of anilines is 1. The van der Waals surface area contributed by atoms with Crippen molar-refractivity contribution in [3.05, 3.63) is 58.1 Å². The maximum absolute atomic E-state index is 12.5. The lowest BCUT2D eigenvalue weighted by molar-refractivity contribution is 0.0600. The van der Waals surface area contributed by atoms with Crippen molar-refractivity contribution < 1.29 is 19.1 Å². The number of carbonyl (C=O) groups is 2. The van der Waals surface area contributed by atoms with Crippen LogP contribution in [0.25, 0.3) is 0 Å². The van der Waals surface area contributed by atoms with Crippen molar-refractivity contribution >= 4 is 29.2 Å². The van der Waals surface area contributed by atoms with Gasteiger partial charge in [-0.2, -0.15) is 0 Å². The van der Waals surface area contributed by atoms with E-state index in [1.54, 1.807) is 30.3 Å². The van der Waals surface area contributed by atoms with E-state index < -0.39 is 5.97 Å². The predicted molar refractivity (Wildman–Crippen MR) is 88.5 cm³/mol. The van der Waals surface area contributed by atoms with E-state index in [1.165, 1.54) is 20.3 Å². The largest absolute Gasteiger partial charge is 0.496 e. The fourth-order valence-electron chi connectivity index (χ4n) is 2.05. The van der Waals surface area contributed by atoms with Crippen LogP contribution in [-0.2, 0) is 4.74 Å². The molecule has 0 aromatic heterocycles. The lowest BCUT2D eigenvalue weighted by atomic mass is 10.1. The number of amides is 1. The molecule has 0 bridgehead atoms. The minimum absolute atomic E-state index is 0.308. The molecule has 0 saturated carbocycles. The summed E-state index contributed by atoms with van der Waals surface area (Å²) >= 11 is 5.94. The number of ether oxygens (including phenoxy) is 2. The zero-order valence-electron chi connectivity index (χ0n) is 13.0. The number of rotatable bonds is 4. The van der Waals surface area contributed by atoms with Gasteiger partial charge < -0.3 is 14.8 Å². The summed E-state index contributed by atoms with van der Waals surface area (Å²) in [5.74, 6) is -0.441. The summed E-state index contributed by atoms with van der Waals surface area (Å²) in [7, 11) is 2.78. The van der Waals surface area contributed by atoms with Gasteiger partial charge in [-0.25, -0.2) is 4.79 Å². The van der Waals surface area contributed by atoms with Gasteiger partial charge in [0.25, 0.3) is 5.91 Å². The highest BCUT2D eigenvalue weighted by Gasteiger charge is 2.15. The topological polar surface area (TPSA) is 64.6 Å². The smallest absolute Gasteiger partial charge is 0.337 e. The average Bonchev–Trinajstić information content (AvgIpc) is 2.56. The molecule has 0 saturated heterocycles. The van der Waals surface area contributed by atoms with E-state index in [9.17, 15) is 9.59 Å². The summed E-state index contributed by atoms with van der Waals surface area (Å²) in [6.45, 7) is 1.83. The quantitative estimate of drug-likeness (QED) is 0.866. The van der Waals surface area contributed by atoms with Crippen molar-refractivity contribution in [2.24, 2.45) is 0 Å². The number of carbonyl (C=O) groups excluding carboxylic acids is 2. The summed E-state index contributed by atoms with van der Waals surface area (Å²) in [5, 5.41) is 3.19. The zero-order chi connectivity index (χ0) is 17.0. The Morgan fingerprint density at radius 3 is 2.48 bits per heavy atom. The van der Waals surface area contributed by atoms with E-state index in [2.05, 4.69) is 10.1 Å². The third-order valence-corrected chi connectivity index (χ3v) is 3.55. The van der Waals surface area contributed by atoms with Crippen molar-refractivity contribution in [2.75, 3.05) is 19.5 Å². The number of hydrogen-bond acceptors (Lipinski definition) is 4. The first-order chi connectivity index (χ1) is 11.0. The second kappa shape index (κ2) is 7.15. The first-order valence-corrected chi connectivity index (χ1v) is 7.18. The average molecular weight is 334 g/mol. The fourth-order valence-corrected chi connectivity index (χ4v) is 2.22. The van der Waals surface area contributed by atoms with Gasteiger partial charge in [-0.15, -0.1) is 0 Å². The van der Waals surface area contributed by atoms with Gasteiger partial charge in [0.2, 0.25) is 0 Å². The van der Waals surface area contributed by atoms with Crippen LogP contribution in [0.2, 0.25) is 5.02 Å². The Kier molecular flexibility index (Phi) is 5.24. The number of benzene rings is 2. The van der Waals surface area contributed by atoms with Crippen molar-refractivity contribution in [3.63, 3.8) is 0 Å². The molecule has 23 heavy (non-hydrogen) atoms. The molecule has 0 heterocycles. The van der Waals surface area contributed by atoms with Crippen LogP contribution in [0, 0.1) is 6.92 Å². The standard InChI is InChI=1S/C17H16ClNO4/c1-10-4-5-11(17(21)23-3)8-14(10)19-16(20)13-9-12(18)6-7-15(13)22-2/h4-9H,1-3H3,(H,19,20). The number of esters is 1. The molecule has 0 radical (unpaired) electrons. The van der Waals surface area contributed by atoms with E-state index >= 15 is 0 Å². The van der Waals surface area contributed by atoms with Crippen LogP contribution in [-0.4, -0.2) is 26.1 Å². The fraction of sp³-hybridized carbons (Fsp3) is 0.176. The molecule has 0 aliphatic rings. The van der Waals surface area contributed by atoms with Crippen LogP contribution >= 0.6 is 11.6 Å². The SMILES string of the molecule is COC(=O)c1ccc(C)c(NC(=O)c2cc(Cl)ccc2OC)c1. The summed E-state index contributed by atoms with van der Waals surface area (Å²) in [5.41, 5.74) is 1.99. The molecule has 1 amide bonds. The number of methoxy groups -OCH3 is 2. The molecule has 120 valence electrons. The van der Waals surface area contributed by atoms with Gasteiger partial charge in [0, 0.05) is 10.7 Å². The Balaban J connectivity index is 2.34. The van der Waals surface area contributed by atoms with Gasteiger partial charge in [0.05, 0.1) is 25.3 Å². The number of halogens is 1. The summed E-state index contributed by atoms with van der Waals surface area (Å²) in [6.07, 6.45) is 0. The van der Waals surface area contributed by atoms with Crippen LogP contribution in [0.1, 0.15) is 26.3 Å². The van der Waals surface area contributed by atoms with E-state index in [0.29, 0.717) is 27.6 Å². The Hall–Kier alpha value is -2.53. The Morgan fingerprint density at radius 2 is 1.83 bits per heavy atom. The molecule has 0 unspecified atom stereocenters. The lowest BCUT2D eigenvalue weighted by Crippen LogP contribution is -2.15. The van der Waals surface area contributed by atoms with E-state index in [0.717, 1.165) is 5.56 Å². The van der Waals surface area contributed by atoms with Crippen molar-refractivity contribution in [3.8, 4) is 5.75 Å². The summed E-state index contributed by atoms with van der Waals surface area (Å²) < 4.78 is 9.86. The minimum atomic E-state index is -0.471. The minimum Gasteiger partial charge on any atom is -0.496 e. The molecule has 0 fully saturated rings. The molecule has 2 aromatic rings. The highest BCUT2D eigenvalue weighted by molar-refractivity contribution is 6.31. The van der Waals surface area contributed by atoms with Crippen LogP contribution in [0.3, 0.4) is 0 Å². The van der Waals surface area contributed by atoms with Crippen LogP contribution < -0.4 is 10.1 Å². The predicted octanol–water partition coefficient (Wildman–Crippen LogP) is 3.70. The van der Waals surface area contributed by atoms with Gasteiger partial charge in [-0.3, -0.25) is 4.79 Å². The van der Waals surface area contributed by atoms with E-state index in [1.807, 2.05) is 6.92 Å². The first-order valence-electron chi connectivity index (χ1n) is 6.80. The van der Waals surface area contributed by atoms with E-state index in [-0.39, 0.29) is 5.91 Å². The van der Waals surface area contributed by atoms with Gasteiger partial charge in [0.15, 0.2) is 0 Å². The molecule has 0 aliphatic carbocycles. The Bertz CT molecular complexity index is 758. The molecule has 0 atom stereocenters. The first kappa shape index (κ1) is 16.8. The van der Waals surface area contributed by atoms with Gasteiger partial charge >= 0.3 is 5.97 Å². The number of hydrogen-bond donors (Lipinski definition) is 1. The molecule has 1 N–H and O–H groups in total. The summed E-state index contributed by atoms with van der Waals surface area (Å²) in [4.78, 5) is 24.1. The Morgan fingerprint density at radius 1 is 1.09 bits per heavy atom. The zero-order valence-corrected chi connectivity index (χ0v) is 13.7.